The number of aliphatic carboxylic acids is 1. The lowest BCUT2D eigenvalue weighted by Crippen LogP contribution is -2.39. The van der Waals surface area contributed by atoms with Crippen LogP contribution in [0, 0.1) is 0 Å². The molecule has 3 N–H and O–H groups in total. The van der Waals surface area contributed by atoms with Crippen molar-refractivity contribution in [3.05, 3.63) is 23.2 Å². The van der Waals surface area contributed by atoms with E-state index in [0.717, 1.165) is 0 Å². The van der Waals surface area contributed by atoms with Gasteiger partial charge in [-0.2, -0.15) is 0 Å². The summed E-state index contributed by atoms with van der Waals surface area (Å²) in [7, 11) is 0. The third-order valence-electron chi connectivity index (χ3n) is 2.53. The first-order valence-electron chi connectivity index (χ1n) is 5.15. The van der Waals surface area contributed by atoms with Crippen LogP contribution >= 0.6 is 11.6 Å². The van der Waals surface area contributed by atoms with E-state index >= 15 is 0 Å². The Labute approximate surface area is 103 Å². The summed E-state index contributed by atoms with van der Waals surface area (Å²) in [5, 5.41) is 14.8. The summed E-state index contributed by atoms with van der Waals surface area (Å²) in [6.07, 6.45) is 0.189. The summed E-state index contributed by atoms with van der Waals surface area (Å²) in [5.74, 6) is -1.14. The van der Waals surface area contributed by atoms with E-state index in [1.165, 1.54) is 0 Å². The number of nitrogens with one attached hydrogen (secondary N) is 2. The molecule has 1 aromatic rings. The Hall–Kier alpha value is -1.75. The summed E-state index contributed by atoms with van der Waals surface area (Å²) < 4.78 is 0. The molecule has 1 unspecified atom stereocenters. The molecule has 1 atom stereocenters. The highest BCUT2D eigenvalue weighted by atomic mass is 35.5. The summed E-state index contributed by atoms with van der Waals surface area (Å²) in [6.45, 7) is 0. The van der Waals surface area contributed by atoms with Crippen molar-refractivity contribution in [3.8, 4) is 0 Å². The van der Waals surface area contributed by atoms with Crippen LogP contribution in [-0.4, -0.2) is 23.0 Å². The van der Waals surface area contributed by atoms with Crippen LogP contribution < -0.4 is 10.6 Å². The van der Waals surface area contributed by atoms with E-state index in [-0.39, 0.29) is 18.7 Å². The molecule has 1 amide bonds. The normalized spacial score (nSPS) is 17.9. The van der Waals surface area contributed by atoms with Gasteiger partial charge in [-0.05, 0) is 24.6 Å². The van der Waals surface area contributed by atoms with Gasteiger partial charge in [-0.25, -0.2) is 0 Å². The smallest absolute Gasteiger partial charge is 0.303 e. The average Bonchev–Trinajstić information content (AvgIpc) is 2.26. The molecule has 0 radical (unpaired) electrons. The second-order valence-corrected chi connectivity index (χ2v) is 4.24. The van der Waals surface area contributed by atoms with E-state index < -0.39 is 12.0 Å². The summed E-state index contributed by atoms with van der Waals surface area (Å²) in [6, 6.07) is 4.55. The van der Waals surface area contributed by atoms with Gasteiger partial charge in [0.05, 0.1) is 11.4 Å². The Morgan fingerprint density at radius 2 is 2.18 bits per heavy atom. The average molecular weight is 255 g/mol. The molecule has 6 heteroatoms. The Morgan fingerprint density at radius 1 is 1.41 bits per heavy atom. The van der Waals surface area contributed by atoms with Crippen molar-refractivity contribution in [3.63, 3.8) is 0 Å². The Balaban J connectivity index is 2.14. The summed E-state index contributed by atoms with van der Waals surface area (Å²) >= 11 is 5.84. The molecule has 0 saturated carbocycles. The van der Waals surface area contributed by atoms with Gasteiger partial charge in [0, 0.05) is 11.4 Å². The number of amides is 1. The van der Waals surface area contributed by atoms with Gasteiger partial charge in [-0.1, -0.05) is 11.6 Å². The van der Waals surface area contributed by atoms with E-state index in [4.69, 9.17) is 16.7 Å². The molecule has 17 heavy (non-hydrogen) atoms. The zero-order valence-corrected chi connectivity index (χ0v) is 9.62. The highest BCUT2D eigenvalue weighted by molar-refractivity contribution is 6.31. The maximum atomic E-state index is 11.7. The SMILES string of the molecule is O=C(O)CCC1Nc2cc(Cl)ccc2NC1=O. The van der Waals surface area contributed by atoms with Gasteiger partial charge in [-0.3, -0.25) is 9.59 Å². The largest absolute Gasteiger partial charge is 0.481 e. The van der Waals surface area contributed by atoms with Crippen molar-refractivity contribution in [1.82, 2.24) is 0 Å². The lowest BCUT2D eigenvalue weighted by molar-refractivity contribution is -0.137. The minimum Gasteiger partial charge on any atom is -0.481 e. The lowest BCUT2D eigenvalue weighted by Gasteiger charge is -2.26. The molecule has 90 valence electrons. The number of carboxylic acid groups (broad SMARTS) is 1. The van der Waals surface area contributed by atoms with Crippen molar-refractivity contribution in [2.24, 2.45) is 0 Å². The minimum absolute atomic E-state index is 0.0546. The molecule has 0 bridgehead atoms. The number of carboxylic acids is 1. The van der Waals surface area contributed by atoms with E-state index in [2.05, 4.69) is 10.6 Å². The number of carbonyl (C=O) groups excluding carboxylic acids is 1. The summed E-state index contributed by atoms with van der Waals surface area (Å²) in [5.41, 5.74) is 1.37. The first-order valence-corrected chi connectivity index (χ1v) is 5.53. The zero-order valence-electron chi connectivity index (χ0n) is 8.87. The van der Waals surface area contributed by atoms with Gasteiger partial charge >= 0.3 is 5.97 Å². The highest BCUT2D eigenvalue weighted by Crippen LogP contribution is 2.30. The van der Waals surface area contributed by atoms with Gasteiger partial charge < -0.3 is 15.7 Å². The number of anilines is 2. The van der Waals surface area contributed by atoms with Crippen molar-refractivity contribution < 1.29 is 14.7 Å². The molecule has 2 rings (SSSR count). The maximum absolute atomic E-state index is 11.7. The number of carbonyl (C=O) groups is 2. The predicted molar refractivity (Wildman–Crippen MR) is 64.4 cm³/mol. The first kappa shape index (κ1) is 11.7. The fourth-order valence-corrected chi connectivity index (χ4v) is 1.86. The quantitative estimate of drug-likeness (QED) is 0.770. The van der Waals surface area contributed by atoms with Crippen LogP contribution in [0.25, 0.3) is 0 Å². The molecule has 1 aliphatic heterocycles. The van der Waals surface area contributed by atoms with Gasteiger partial charge in [0.1, 0.15) is 6.04 Å². The van der Waals surface area contributed by atoms with Gasteiger partial charge in [-0.15, -0.1) is 0 Å². The standard InChI is InChI=1S/C11H11ClN2O3/c12-6-1-2-7-9(5-6)13-8(11(17)14-7)3-4-10(15)16/h1-2,5,8,13H,3-4H2,(H,14,17)(H,15,16). The fourth-order valence-electron chi connectivity index (χ4n) is 1.69. The van der Waals surface area contributed by atoms with E-state index in [9.17, 15) is 9.59 Å². The van der Waals surface area contributed by atoms with Gasteiger partial charge in [0.25, 0.3) is 0 Å². The number of benzene rings is 1. The lowest BCUT2D eigenvalue weighted by atomic mass is 10.1. The van der Waals surface area contributed by atoms with E-state index in [1.807, 2.05) is 0 Å². The van der Waals surface area contributed by atoms with Gasteiger partial charge in [0.2, 0.25) is 5.91 Å². The van der Waals surface area contributed by atoms with Crippen LogP contribution in [0.1, 0.15) is 12.8 Å². The highest BCUT2D eigenvalue weighted by Gasteiger charge is 2.25. The van der Waals surface area contributed by atoms with Crippen molar-refractivity contribution in [2.45, 2.75) is 18.9 Å². The van der Waals surface area contributed by atoms with E-state index in [1.54, 1.807) is 18.2 Å². The molecule has 1 aliphatic rings. The molecule has 5 nitrogen and oxygen atoms in total. The van der Waals surface area contributed by atoms with Crippen molar-refractivity contribution in [2.75, 3.05) is 10.6 Å². The second kappa shape index (κ2) is 4.63. The molecule has 0 spiro atoms. The van der Waals surface area contributed by atoms with Gasteiger partial charge in [0.15, 0.2) is 0 Å². The Kier molecular flexibility index (Phi) is 3.19. The zero-order chi connectivity index (χ0) is 12.4. The number of rotatable bonds is 3. The van der Waals surface area contributed by atoms with Crippen LogP contribution in [0.5, 0.6) is 0 Å². The molecule has 0 saturated heterocycles. The number of halogens is 1. The number of fused-ring (bicyclic) bond motifs is 1. The van der Waals surface area contributed by atoms with Crippen LogP contribution in [-0.2, 0) is 9.59 Å². The van der Waals surface area contributed by atoms with Crippen LogP contribution in [0.15, 0.2) is 18.2 Å². The maximum Gasteiger partial charge on any atom is 0.303 e. The molecule has 0 aromatic heterocycles. The number of hydrogen-bond acceptors (Lipinski definition) is 3. The third-order valence-corrected chi connectivity index (χ3v) is 2.77. The van der Waals surface area contributed by atoms with E-state index in [0.29, 0.717) is 16.4 Å². The van der Waals surface area contributed by atoms with Crippen LogP contribution in [0.4, 0.5) is 11.4 Å². The Bertz CT molecular complexity index is 476. The Morgan fingerprint density at radius 3 is 2.88 bits per heavy atom. The van der Waals surface area contributed by atoms with Crippen molar-refractivity contribution >= 4 is 34.9 Å². The molecular weight excluding hydrogens is 244 g/mol. The monoisotopic (exact) mass is 254 g/mol. The first-order chi connectivity index (χ1) is 8.06. The fraction of sp³-hybridized carbons (Fsp3) is 0.273. The molecule has 0 aliphatic carbocycles. The minimum atomic E-state index is -0.920. The number of hydrogen-bond donors (Lipinski definition) is 3. The van der Waals surface area contributed by atoms with Crippen molar-refractivity contribution in [1.29, 1.82) is 0 Å². The molecule has 0 fully saturated rings. The molecular formula is C11H11ClN2O3. The summed E-state index contributed by atoms with van der Waals surface area (Å²) in [4.78, 5) is 22.1. The second-order valence-electron chi connectivity index (χ2n) is 3.81. The topological polar surface area (TPSA) is 78.4 Å². The van der Waals surface area contributed by atoms with Crippen LogP contribution in [0.2, 0.25) is 5.02 Å². The third kappa shape index (κ3) is 2.68. The molecule has 1 heterocycles. The predicted octanol–water partition coefficient (Wildman–Crippen LogP) is 1.94. The van der Waals surface area contributed by atoms with Crippen LogP contribution in [0.3, 0.4) is 0 Å². The molecule has 1 aromatic carbocycles.